The number of nitrogens with one attached hydrogen (secondary N) is 1. The van der Waals surface area contributed by atoms with Gasteiger partial charge in [-0.15, -0.1) is 0 Å². The van der Waals surface area contributed by atoms with Gasteiger partial charge in [-0.2, -0.15) is 5.10 Å². The molecular formula is C33H28ClN3O3. The molecule has 40 heavy (non-hydrogen) atoms. The summed E-state index contributed by atoms with van der Waals surface area (Å²) in [4.78, 5) is 15.7. The van der Waals surface area contributed by atoms with Gasteiger partial charge < -0.3 is 14.7 Å². The first kappa shape index (κ1) is 25.7. The van der Waals surface area contributed by atoms with E-state index in [1.807, 2.05) is 97.6 Å². The molecule has 0 saturated carbocycles. The molecule has 0 aliphatic carbocycles. The molecule has 4 aromatic carbocycles. The summed E-state index contributed by atoms with van der Waals surface area (Å²) in [6.45, 7) is 4.70. The standard InChI is InChI=1S/C33H28ClN3O3/c1-20-11-13-22(14-12-20)18-37-32(24-9-6-10-25(16-24)40-19-23-7-4-3-5-8-23)29-30(35-36-31(29)33(37)39)26-17-27(34)21(2)15-28(26)38/h3-17,32,38H,18-19H2,1-2H3,(H,35,36). The maximum absolute atomic E-state index is 13.8. The molecule has 6 nitrogen and oxygen atoms in total. The van der Waals surface area contributed by atoms with E-state index in [2.05, 4.69) is 10.2 Å². The van der Waals surface area contributed by atoms with E-state index in [1.54, 1.807) is 12.1 Å². The van der Waals surface area contributed by atoms with Crippen LogP contribution in [0.15, 0.2) is 91.0 Å². The summed E-state index contributed by atoms with van der Waals surface area (Å²) in [6.07, 6.45) is 0. The number of ether oxygens (including phenoxy) is 1. The van der Waals surface area contributed by atoms with Crippen molar-refractivity contribution in [2.24, 2.45) is 0 Å². The van der Waals surface area contributed by atoms with Crippen LogP contribution < -0.4 is 4.74 Å². The zero-order chi connectivity index (χ0) is 27.8. The second-order valence-corrected chi connectivity index (χ2v) is 10.6. The third-order valence-electron chi connectivity index (χ3n) is 7.29. The van der Waals surface area contributed by atoms with Crippen molar-refractivity contribution in [3.05, 3.63) is 135 Å². The Bertz CT molecular complexity index is 1700. The summed E-state index contributed by atoms with van der Waals surface area (Å²) in [5, 5.41) is 18.8. The number of aromatic amines is 1. The van der Waals surface area contributed by atoms with E-state index < -0.39 is 6.04 Å². The van der Waals surface area contributed by atoms with Crippen molar-refractivity contribution in [2.75, 3.05) is 0 Å². The number of hydrogen-bond acceptors (Lipinski definition) is 4. The molecule has 0 bridgehead atoms. The number of aryl methyl sites for hydroxylation is 2. The summed E-state index contributed by atoms with van der Waals surface area (Å²) >= 11 is 6.45. The number of nitrogens with zero attached hydrogens (tertiary/aromatic N) is 2. The highest BCUT2D eigenvalue weighted by molar-refractivity contribution is 6.31. The zero-order valence-electron chi connectivity index (χ0n) is 22.2. The number of amides is 1. The lowest BCUT2D eigenvalue weighted by molar-refractivity contribution is 0.0730. The van der Waals surface area contributed by atoms with Crippen LogP contribution in [-0.4, -0.2) is 26.1 Å². The minimum atomic E-state index is -0.461. The summed E-state index contributed by atoms with van der Waals surface area (Å²) in [6, 6.07) is 28.8. The minimum absolute atomic E-state index is 0.0549. The number of carbonyl (C=O) groups excluding carboxylic acids is 1. The number of aromatic nitrogens is 2. The van der Waals surface area contributed by atoms with Crippen LogP contribution >= 0.6 is 11.6 Å². The first-order valence-electron chi connectivity index (χ1n) is 13.1. The molecule has 0 saturated heterocycles. The molecule has 1 aliphatic heterocycles. The van der Waals surface area contributed by atoms with Crippen LogP contribution in [0.4, 0.5) is 0 Å². The van der Waals surface area contributed by atoms with E-state index >= 15 is 0 Å². The van der Waals surface area contributed by atoms with Crippen molar-refractivity contribution >= 4 is 17.5 Å². The maximum Gasteiger partial charge on any atom is 0.273 e. The highest BCUT2D eigenvalue weighted by Crippen LogP contribution is 2.46. The number of H-pyrrole nitrogens is 1. The predicted octanol–water partition coefficient (Wildman–Crippen LogP) is 7.38. The summed E-state index contributed by atoms with van der Waals surface area (Å²) in [5.41, 5.74) is 6.94. The SMILES string of the molecule is Cc1ccc(CN2C(=O)c3[nH]nc(-c4cc(Cl)c(C)cc4O)c3C2c2cccc(OCc3ccccc3)c2)cc1. The van der Waals surface area contributed by atoms with Gasteiger partial charge in [0.15, 0.2) is 0 Å². The first-order chi connectivity index (χ1) is 19.4. The molecule has 2 N–H and O–H groups in total. The van der Waals surface area contributed by atoms with Crippen LogP contribution in [0.25, 0.3) is 11.3 Å². The van der Waals surface area contributed by atoms with E-state index in [9.17, 15) is 9.90 Å². The Hall–Kier alpha value is -4.55. The molecule has 2 heterocycles. The Morgan fingerprint density at radius 2 is 1.73 bits per heavy atom. The van der Waals surface area contributed by atoms with Crippen LogP contribution in [0.5, 0.6) is 11.5 Å². The fourth-order valence-corrected chi connectivity index (χ4v) is 5.34. The highest BCUT2D eigenvalue weighted by Gasteiger charge is 2.42. The molecule has 1 aromatic heterocycles. The largest absolute Gasteiger partial charge is 0.507 e. The van der Waals surface area contributed by atoms with Crippen molar-refractivity contribution in [3.8, 4) is 22.8 Å². The van der Waals surface area contributed by atoms with Crippen molar-refractivity contribution < 1.29 is 14.6 Å². The number of phenols is 1. The van der Waals surface area contributed by atoms with E-state index in [-0.39, 0.29) is 11.7 Å². The molecule has 200 valence electrons. The first-order valence-corrected chi connectivity index (χ1v) is 13.5. The molecule has 1 aliphatic rings. The van der Waals surface area contributed by atoms with Gasteiger partial charge in [0.1, 0.15) is 29.5 Å². The Balaban J connectivity index is 1.43. The van der Waals surface area contributed by atoms with Gasteiger partial charge in [0.05, 0.1) is 6.04 Å². The van der Waals surface area contributed by atoms with Crippen molar-refractivity contribution in [1.82, 2.24) is 15.1 Å². The third-order valence-corrected chi connectivity index (χ3v) is 7.70. The van der Waals surface area contributed by atoms with Crippen LogP contribution in [0.1, 0.15) is 49.9 Å². The lowest BCUT2D eigenvalue weighted by Gasteiger charge is -2.27. The number of hydrogen-bond donors (Lipinski definition) is 2. The van der Waals surface area contributed by atoms with Gasteiger partial charge in [0.2, 0.25) is 0 Å². The second kappa shape index (κ2) is 10.5. The molecule has 1 amide bonds. The normalized spacial score (nSPS) is 14.4. The van der Waals surface area contributed by atoms with Gasteiger partial charge in [-0.05, 0) is 60.4 Å². The number of carbonyl (C=O) groups is 1. The van der Waals surface area contributed by atoms with Gasteiger partial charge in [0, 0.05) is 22.7 Å². The van der Waals surface area contributed by atoms with Gasteiger partial charge in [-0.1, -0.05) is 83.9 Å². The minimum Gasteiger partial charge on any atom is -0.507 e. The molecule has 1 unspecified atom stereocenters. The maximum atomic E-state index is 13.8. The number of benzene rings is 4. The third kappa shape index (κ3) is 4.82. The Kier molecular flexibility index (Phi) is 6.78. The number of rotatable bonds is 7. The van der Waals surface area contributed by atoms with Crippen LogP contribution in [-0.2, 0) is 13.2 Å². The second-order valence-electron chi connectivity index (χ2n) is 10.1. The number of fused-ring (bicyclic) bond motifs is 1. The van der Waals surface area contributed by atoms with Crippen molar-refractivity contribution in [1.29, 1.82) is 0 Å². The van der Waals surface area contributed by atoms with E-state index in [4.69, 9.17) is 16.3 Å². The monoisotopic (exact) mass is 549 g/mol. The fraction of sp³-hybridized carbons (Fsp3) is 0.152. The summed E-state index contributed by atoms with van der Waals surface area (Å²) < 4.78 is 6.13. The molecular weight excluding hydrogens is 522 g/mol. The van der Waals surface area contributed by atoms with Crippen LogP contribution in [0.3, 0.4) is 0 Å². The van der Waals surface area contributed by atoms with Crippen LogP contribution in [0, 0.1) is 13.8 Å². The lowest BCUT2D eigenvalue weighted by atomic mass is 9.95. The lowest BCUT2D eigenvalue weighted by Crippen LogP contribution is -2.29. The average Bonchev–Trinajstić information content (AvgIpc) is 3.50. The molecule has 0 fully saturated rings. The Morgan fingerprint density at radius 1 is 0.950 bits per heavy atom. The van der Waals surface area contributed by atoms with Gasteiger partial charge >= 0.3 is 0 Å². The number of halogens is 1. The van der Waals surface area contributed by atoms with Gasteiger partial charge in [-0.25, -0.2) is 0 Å². The summed E-state index contributed by atoms with van der Waals surface area (Å²) in [5.74, 6) is 0.593. The fourth-order valence-electron chi connectivity index (χ4n) is 5.17. The number of aromatic hydroxyl groups is 1. The molecule has 5 aromatic rings. The van der Waals surface area contributed by atoms with Crippen molar-refractivity contribution in [3.63, 3.8) is 0 Å². The van der Waals surface area contributed by atoms with Crippen molar-refractivity contribution in [2.45, 2.75) is 33.0 Å². The van der Waals surface area contributed by atoms with Crippen LogP contribution in [0.2, 0.25) is 5.02 Å². The summed E-state index contributed by atoms with van der Waals surface area (Å²) in [7, 11) is 0. The molecule has 7 heteroatoms. The quantitative estimate of drug-likeness (QED) is 0.222. The molecule has 0 spiro atoms. The molecule has 6 rings (SSSR count). The molecule has 0 radical (unpaired) electrons. The average molecular weight is 550 g/mol. The number of phenolic OH excluding ortho intramolecular Hbond substituents is 1. The zero-order valence-corrected chi connectivity index (χ0v) is 22.9. The highest BCUT2D eigenvalue weighted by atomic mass is 35.5. The Labute approximate surface area is 237 Å². The van der Waals surface area contributed by atoms with Gasteiger partial charge in [0.25, 0.3) is 5.91 Å². The molecule has 1 atom stereocenters. The Morgan fingerprint density at radius 3 is 2.50 bits per heavy atom. The van der Waals surface area contributed by atoms with E-state index in [1.165, 1.54) is 0 Å². The van der Waals surface area contributed by atoms with Gasteiger partial charge in [-0.3, -0.25) is 9.89 Å². The topological polar surface area (TPSA) is 78.5 Å². The van der Waals surface area contributed by atoms with E-state index in [0.29, 0.717) is 46.4 Å². The smallest absolute Gasteiger partial charge is 0.273 e. The predicted molar refractivity (Wildman–Crippen MR) is 156 cm³/mol. The van der Waals surface area contributed by atoms with E-state index in [0.717, 1.165) is 27.8 Å².